The molecule has 2 aromatic rings. The molecule has 0 aliphatic heterocycles. The van der Waals surface area contributed by atoms with Crippen LogP contribution in [0.25, 0.3) is 0 Å². The number of nitrogens with one attached hydrogen (secondary N) is 1. The van der Waals surface area contributed by atoms with Crippen molar-refractivity contribution in [2.75, 3.05) is 0 Å². The van der Waals surface area contributed by atoms with Crippen LogP contribution in [0.5, 0.6) is 0 Å². The largest absolute Gasteiger partial charge is 0.481 e. The minimum atomic E-state index is -1.03. The number of carboxylic acid groups (broad SMARTS) is 1. The van der Waals surface area contributed by atoms with E-state index in [0.717, 1.165) is 5.56 Å². The molecule has 0 saturated heterocycles. The van der Waals surface area contributed by atoms with Gasteiger partial charge in [0.25, 0.3) is 0 Å². The molecule has 0 spiro atoms. The van der Waals surface area contributed by atoms with Gasteiger partial charge in [-0.3, -0.25) is 4.79 Å². The lowest BCUT2D eigenvalue weighted by molar-refractivity contribution is -0.137. The first-order valence-electron chi connectivity index (χ1n) is 6.85. The zero-order valence-electron chi connectivity index (χ0n) is 12.1. The number of ether oxygens (including phenoxy) is 1. The minimum absolute atomic E-state index is 0.116. The Hall–Kier alpha value is -2.41. The van der Waals surface area contributed by atoms with Gasteiger partial charge < -0.3 is 15.2 Å². The second kappa shape index (κ2) is 8.28. The number of pyridine rings is 1. The zero-order chi connectivity index (χ0) is 16.7. The molecule has 1 aromatic heterocycles. The molecular weight excluding hydrogens is 364 g/mol. The molecule has 0 bridgehead atoms. The Bertz CT molecular complexity index is 662. The summed E-state index contributed by atoms with van der Waals surface area (Å²) in [6.07, 6.45) is 0.571. The van der Waals surface area contributed by atoms with E-state index in [1.807, 2.05) is 30.3 Å². The van der Waals surface area contributed by atoms with Crippen molar-refractivity contribution in [1.82, 2.24) is 10.3 Å². The molecule has 1 aromatic carbocycles. The topological polar surface area (TPSA) is 88.5 Å². The Kier molecular flexibility index (Phi) is 6.10. The maximum atomic E-state index is 11.9. The summed E-state index contributed by atoms with van der Waals surface area (Å²) in [7, 11) is 0. The summed E-state index contributed by atoms with van der Waals surface area (Å²) in [5.41, 5.74) is 1.44. The standard InChI is InChI=1S/C16H15BrN2O4/c17-14-7-6-12(9-18-14)13(8-15(20)21)19-16(22)23-10-11-4-2-1-3-5-11/h1-7,9,13H,8,10H2,(H,19,22)(H,20,21)/t13-/m0/s1. The lowest BCUT2D eigenvalue weighted by atomic mass is 10.1. The van der Waals surface area contributed by atoms with E-state index in [0.29, 0.717) is 10.2 Å². The molecule has 0 unspecified atom stereocenters. The number of carboxylic acids is 1. The minimum Gasteiger partial charge on any atom is -0.481 e. The molecule has 1 heterocycles. The van der Waals surface area contributed by atoms with Crippen molar-refractivity contribution in [3.8, 4) is 0 Å². The molecule has 120 valence electrons. The van der Waals surface area contributed by atoms with Crippen molar-refractivity contribution >= 4 is 28.0 Å². The third-order valence-corrected chi connectivity index (χ3v) is 3.51. The maximum Gasteiger partial charge on any atom is 0.407 e. The summed E-state index contributed by atoms with van der Waals surface area (Å²) >= 11 is 3.21. The Balaban J connectivity index is 1.98. The van der Waals surface area contributed by atoms with E-state index in [1.165, 1.54) is 6.20 Å². The van der Waals surface area contributed by atoms with Crippen molar-refractivity contribution in [2.45, 2.75) is 19.1 Å². The number of amides is 1. The average molecular weight is 379 g/mol. The molecular formula is C16H15BrN2O4. The number of aromatic nitrogens is 1. The Morgan fingerprint density at radius 2 is 1.96 bits per heavy atom. The van der Waals surface area contributed by atoms with Gasteiger partial charge in [0.05, 0.1) is 12.5 Å². The van der Waals surface area contributed by atoms with Gasteiger partial charge in [-0.15, -0.1) is 0 Å². The molecule has 1 amide bonds. The van der Waals surface area contributed by atoms with Gasteiger partial charge in [-0.1, -0.05) is 36.4 Å². The van der Waals surface area contributed by atoms with E-state index < -0.39 is 18.1 Å². The monoisotopic (exact) mass is 378 g/mol. The molecule has 7 heteroatoms. The van der Waals surface area contributed by atoms with Gasteiger partial charge in [-0.2, -0.15) is 0 Å². The van der Waals surface area contributed by atoms with Crippen molar-refractivity contribution in [2.24, 2.45) is 0 Å². The zero-order valence-corrected chi connectivity index (χ0v) is 13.7. The van der Waals surface area contributed by atoms with E-state index in [-0.39, 0.29) is 13.0 Å². The molecule has 1 atom stereocenters. The quantitative estimate of drug-likeness (QED) is 0.752. The van der Waals surface area contributed by atoms with Crippen LogP contribution in [0, 0.1) is 0 Å². The smallest absolute Gasteiger partial charge is 0.407 e. The van der Waals surface area contributed by atoms with Crippen LogP contribution in [-0.2, 0) is 16.1 Å². The van der Waals surface area contributed by atoms with E-state index in [2.05, 4.69) is 26.2 Å². The highest BCUT2D eigenvalue weighted by Gasteiger charge is 2.19. The summed E-state index contributed by atoms with van der Waals surface area (Å²) < 4.78 is 5.74. The number of halogens is 1. The van der Waals surface area contributed by atoms with Crippen molar-refractivity contribution < 1.29 is 19.4 Å². The number of carbonyl (C=O) groups excluding carboxylic acids is 1. The summed E-state index contributed by atoms with van der Waals surface area (Å²) in [5.74, 6) is -1.03. The van der Waals surface area contributed by atoms with Crippen LogP contribution in [0.4, 0.5) is 4.79 Å². The molecule has 23 heavy (non-hydrogen) atoms. The van der Waals surface area contributed by atoms with Crippen LogP contribution >= 0.6 is 15.9 Å². The highest BCUT2D eigenvalue weighted by molar-refractivity contribution is 9.10. The SMILES string of the molecule is O=C(O)C[C@H](NC(=O)OCc1ccccc1)c1ccc(Br)nc1. The highest BCUT2D eigenvalue weighted by atomic mass is 79.9. The van der Waals surface area contributed by atoms with Gasteiger partial charge in [-0.05, 0) is 33.1 Å². The molecule has 0 aliphatic rings. The van der Waals surface area contributed by atoms with Gasteiger partial charge >= 0.3 is 12.1 Å². The second-order valence-electron chi connectivity index (χ2n) is 4.77. The summed E-state index contributed by atoms with van der Waals surface area (Å²) in [5, 5.41) is 11.6. The highest BCUT2D eigenvalue weighted by Crippen LogP contribution is 2.18. The van der Waals surface area contributed by atoms with Gasteiger partial charge in [0, 0.05) is 6.20 Å². The number of carbonyl (C=O) groups is 2. The Morgan fingerprint density at radius 1 is 1.22 bits per heavy atom. The molecule has 0 fully saturated rings. The predicted molar refractivity (Wildman–Crippen MR) is 86.7 cm³/mol. The lowest BCUT2D eigenvalue weighted by Crippen LogP contribution is -2.30. The normalized spacial score (nSPS) is 11.5. The van der Waals surface area contributed by atoms with Crippen molar-refractivity contribution in [1.29, 1.82) is 0 Å². The van der Waals surface area contributed by atoms with E-state index in [1.54, 1.807) is 12.1 Å². The van der Waals surface area contributed by atoms with Crippen molar-refractivity contribution in [3.05, 3.63) is 64.4 Å². The molecule has 2 rings (SSSR count). The Morgan fingerprint density at radius 3 is 2.57 bits per heavy atom. The van der Waals surface area contributed by atoms with Crippen LogP contribution in [0.15, 0.2) is 53.3 Å². The first-order chi connectivity index (χ1) is 11.0. The van der Waals surface area contributed by atoms with E-state index >= 15 is 0 Å². The number of alkyl carbamates (subject to hydrolysis) is 1. The number of hydrogen-bond acceptors (Lipinski definition) is 4. The fraction of sp³-hybridized carbons (Fsp3) is 0.188. The van der Waals surface area contributed by atoms with Crippen LogP contribution in [0.1, 0.15) is 23.6 Å². The lowest BCUT2D eigenvalue weighted by Gasteiger charge is -2.17. The fourth-order valence-corrected chi connectivity index (χ4v) is 2.16. The van der Waals surface area contributed by atoms with E-state index in [9.17, 15) is 9.59 Å². The van der Waals surface area contributed by atoms with Gasteiger partial charge in [0.15, 0.2) is 0 Å². The summed E-state index contributed by atoms with van der Waals surface area (Å²) in [4.78, 5) is 26.9. The summed E-state index contributed by atoms with van der Waals surface area (Å²) in [6.45, 7) is 0.116. The number of aliphatic carboxylic acids is 1. The predicted octanol–water partition coefficient (Wildman–Crippen LogP) is 3.29. The van der Waals surface area contributed by atoms with Gasteiger partial charge in [0.1, 0.15) is 11.2 Å². The van der Waals surface area contributed by atoms with Crippen LogP contribution in [0.2, 0.25) is 0 Å². The first-order valence-corrected chi connectivity index (χ1v) is 7.64. The van der Waals surface area contributed by atoms with Crippen molar-refractivity contribution in [3.63, 3.8) is 0 Å². The number of nitrogens with zero attached hydrogens (tertiary/aromatic N) is 1. The van der Waals surface area contributed by atoms with Crippen LogP contribution in [0.3, 0.4) is 0 Å². The second-order valence-corrected chi connectivity index (χ2v) is 5.58. The van der Waals surface area contributed by atoms with Crippen LogP contribution in [-0.4, -0.2) is 22.2 Å². The number of hydrogen-bond donors (Lipinski definition) is 2. The third-order valence-electron chi connectivity index (χ3n) is 3.04. The molecule has 0 aliphatic carbocycles. The van der Waals surface area contributed by atoms with E-state index in [4.69, 9.17) is 9.84 Å². The molecule has 0 radical (unpaired) electrons. The van der Waals surface area contributed by atoms with Gasteiger partial charge in [0.2, 0.25) is 0 Å². The first kappa shape index (κ1) is 17.0. The summed E-state index contributed by atoms with van der Waals surface area (Å²) in [6, 6.07) is 11.9. The number of rotatable bonds is 6. The molecule has 6 nitrogen and oxygen atoms in total. The fourth-order valence-electron chi connectivity index (χ4n) is 1.93. The number of benzene rings is 1. The van der Waals surface area contributed by atoms with Crippen LogP contribution < -0.4 is 5.32 Å². The molecule has 0 saturated carbocycles. The van der Waals surface area contributed by atoms with Gasteiger partial charge in [-0.25, -0.2) is 9.78 Å². The third kappa shape index (κ3) is 5.71. The molecule has 2 N–H and O–H groups in total. The average Bonchev–Trinajstić information content (AvgIpc) is 2.53. The Labute approximate surface area is 141 Å². The maximum absolute atomic E-state index is 11.9.